The molecule has 3 nitrogen and oxygen atoms in total. The van der Waals surface area contributed by atoms with E-state index in [-0.39, 0.29) is 5.97 Å². The Kier molecular flexibility index (Phi) is 7.39. The summed E-state index contributed by atoms with van der Waals surface area (Å²) < 4.78 is 5.94. The predicted molar refractivity (Wildman–Crippen MR) is 67.2 cm³/mol. The van der Waals surface area contributed by atoms with E-state index in [4.69, 9.17) is 4.74 Å². The van der Waals surface area contributed by atoms with Crippen LogP contribution in [0.15, 0.2) is 0 Å². The molecule has 0 aliphatic rings. The van der Waals surface area contributed by atoms with E-state index in [1.165, 1.54) is 19.3 Å². The fraction of sp³-hybridized carbons (Fsp3) is 0.923. The van der Waals surface area contributed by atoms with Gasteiger partial charge in [0.2, 0.25) is 0 Å². The highest BCUT2D eigenvalue weighted by molar-refractivity contribution is 5.70. The van der Waals surface area contributed by atoms with Gasteiger partial charge in [-0.15, -0.1) is 0 Å². The molecule has 0 radical (unpaired) electrons. The second-order valence-electron chi connectivity index (χ2n) is 5.55. The molecule has 0 aromatic carbocycles. The van der Waals surface area contributed by atoms with Crippen molar-refractivity contribution in [2.45, 2.75) is 39.5 Å². The average Bonchev–Trinajstić information content (AvgIpc) is 2.15. The Morgan fingerprint density at radius 2 is 1.88 bits per heavy atom. The summed E-state index contributed by atoms with van der Waals surface area (Å²) in [5.74, 6) is 0.457. The van der Waals surface area contributed by atoms with Gasteiger partial charge in [0.15, 0.2) is 6.54 Å². The van der Waals surface area contributed by atoms with E-state index < -0.39 is 0 Å². The first-order valence-corrected chi connectivity index (χ1v) is 6.35. The van der Waals surface area contributed by atoms with E-state index in [1.807, 2.05) is 21.1 Å². The second kappa shape index (κ2) is 7.66. The van der Waals surface area contributed by atoms with E-state index in [2.05, 4.69) is 13.8 Å². The van der Waals surface area contributed by atoms with Gasteiger partial charge in [0.05, 0.1) is 27.7 Å². The molecule has 0 amide bonds. The number of esters is 1. The van der Waals surface area contributed by atoms with Gasteiger partial charge < -0.3 is 9.22 Å². The number of nitrogens with zero attached hydrogens (tertiary/aromatic N) is 1. The van der Waals surface area contributed by atoms with E-state index in [0.29, 0.717) is 23.6 Å². The highest BCUT2D eigenvalue weighted by atomic mass is 16.5. The third-order valence-corrected chi connectivity index (χ3v) is 2.63. The molecule has 16 heavy (non-hydrogen) atoms. The Morgan fingerprint density at radius 1 is 1.25 bits per heavy atom. The van der Waals surface area contributed by atoms with Gasteiger partial charge in [0.25, 0.3) is 0 Å². The van der Waals surface area contributed by atoms with Crippen molar-refractivity contribution in [3.63, 3.8) is 0 Å². The number of ether oxygens (including phenoxy) is 1. The molecule has 0 saturated carbocycles. The molecule has 1 unspecified atom stereocenters. The SMILES string of the molecule is CCCCC(CC)COC(=O)C[N+](C)(C)C. The number of quaternary nitrogens is 1. The smallest absolute Gasteiger partial charge is 0.361 e. The second-order valence-corrected chi connectivity index (χ2v) is 5.55. The molecule has 0 fully saturated rings. The molecule has 96 valence electrons. The van der Waals surface area contributed by atoms with E-state index in [9.17, 15) is 4.79 Å². The van der Waals surface area contributed by atoms with Crippen LogP contribution in [0.25, 0.3) is 0 Å². The summed E-state index contributed by atoms with van der Waals surface area (Å²) in [5.41, 5.74) is 0. The minimum atomic E-state index is -0.0811. The van der Waals surface area contributed by atoms with Crippen molar-refractivity contribution >= 4 is 5.97 Å². The Balaban J connectivity index is 3.79. The van der Waals surface area contributed by atoms with Crippen molar-refractivity contribution in [2.75, 3.05) is 34.3 Å². The zero-order valence-electron chi connectivity index (χ0n) is 11.6. The molecule has 0 heterocycles. The summed E-state index contributed by atoms with van der Waals surface area (Å²) in [5, 5.41) is 0. The molecule has 0 rings (SSSR count). The Labute approximate surface area is 100 Å². The third-order valence-electron chi connectivity index (χ3n) is 2.63. The predicted octanol–water partition coefficient (Wildman–Crippen LogP) is 2.45. The summed E-state index contributed by atoms with van der Waals surface area (Å²) in [6.45, 7) is 5.39. The van der Waals surface area contributed by atoms with Crippen molar-refractivity contribution in [1.82, 2.24) is 0 Å². The standard InChI is InChI=1S/C13H28NO2/c1-6-8-9-12(7-2)11-16-13(15)10-14(3,4)5/h12H,6-11H2,1-5H3/q+1. The van der Waals surface area contributed by atoms with Crippen molar-refractivity contribution in [3.05, 3.63) is 0 Å². The summed E-state index contributed by atoms with van der Waals surface area (Å²) in [6, 6.07) is 0. The van der Waals surface area contributed by atoms with Crippen LogP contribution in [0.2, 0.25) is 0 Å². The Bertz CT molecular complexity index is 197. The Morgan fingerprint density at radius 3 is 2.31 bits per heavy atom. The van der Waals surface area contributed by atoms with Crippen LogP contribution in [-0.2, 0) is 9.53 Å². The molecular formula is C13H28NO2+. The van der Waals surface area contributed by atoms with Crippen LogP contribution in [0, 0.1) is 5.92 Å². The molecule has 3 heteroatoms. The number of hydrogen-bond acceptors (Lipinski definition) is 2. The van der Waals surface area contributed by atoms with Crippen LogP contribution in [0.1, 0.15) is 39.5 Å². The Hall–Kier alpha value is -0.570. The van der Waals surface area contributed by atoms with Gasteiger partial charge >= 0.3 is 5.97 Å². The lowest BCUT2D eigenvalue weighted by atomic mass is 10.0. The van der Waals surface area contributed by atoms with Gasteiger partial charge in [-0.2, -0.15) is 0 Å². The average molecular weight is 230 g/mol. The maximum atomic E-state index is 11.5. The van der Waals surface area contributed by atoms with Gasteiger partial charge in [-0.25, -0.2) is 4.79 Å². The summed E-state index contributed by atoms with van der Waals surface area (Å²) in [4.78, 5) is 11.5. The normalized spacial score (nSPS) is 13.6. The molecule has 0 bridgehead atoms. The lowest BCUT2D eigenvalue weighted by Crippen LogP contribution is -2.40. The quantitative estimate of drug-likeness (QED) is 0.473. The molecule has 0 aliphatic carbocycles. The fourth-order valence-electron chi connectivity index (χ4n) is 1.54. The molecule has 0 saturated heterocycles. The summed E-state index contributed by atoms with van der Waals surface area (Å²) >= 11 is 0. The topological polar surface area (TPSA) is 26.3 Å². The van der Waals surface area contributed by atoms with Gasteiger partial charge in [-0.1, -0.05) is 33.1 Å². The lowest BCUT2D eigenvalue weighted by molar-refractivity contribution is -0.862. The zero-order chi connectivity index (χ0) is 12.6. The third kappa shape index (κ3) is 8.72. The number of rotatable bonds is 8. The van der Waals surface area contributed by atoms with Gasteiger partial charge in [-0.3, -0.25) is 0 Å². The van der Waals surface area contributed by atoms with E-state index >= 15 is 0 Å². The van der Waals surface area contributed by atoms with Crippen LogP contribution in [0.3, 0.4) is 0 Å². The molecule has 1 atom stereocenters. The minimum Gasteiger partial charge on any atom is -0.461 e. The number of hydrogen-bond donors (Lipinski definition) is 0. The maximum absolute atomic E-state index is 11.5. The van der Waals surface area contributed by atoms with Gasteiger partial charge in [0.1, 0.15) is 0 Å². The molecule has 0 aliphatic heterocycles. The monoisotopic (exact) mass is 230 g/mol. The van der Waals surface area contributed by atoms with Gasteiger partial charge in [-0.05, 0) is 12.3 Å². The van der Waals surface area contributed by atoms with Crippen LogP contribution >= 0.6 is 0 Å². The van der Waals surface area contributed by atoms with Crippen LogP contribution < -0.4 is 0 Å². The van der Waals surface area contributed by atoms with Crippen LogP contribution in [-0.4, -0.2) is 44.7 Å². The largest absolute Gasteiger partial charge is 0.461 e. The zero-order valence-corrected chi connectivity index (χ0v) is 11.6. The van der Waals surface area contributed by atoms with Crippen molar-refractivity contribution < 1.29 is 14.0 Å². The van der Waals surface area contributed by atoms with Crippen LogP contribution in [0.5, 0.6) is 0 Å². The van der Waals surface area contributed by atoms with Gasteiger partial charge in [0, 0.05) is 0 Å². The minimum absolute atomic E-state index is 0.0811. The molecule has 0 aromatic heterocycles. The van der Waals surface area contributed by atoms with Crippen molar-refractivity contribution in [1.29, 1.82) is 0 Å². The van der Waals surface area contributed by atoms with Crippen LogP contribution in [0.4, 0.5) is 0 Å². The first-order valence-electron chi connectivity index (χ1n) is 6.35. The maximum Gasteiger partial charge on any atom is 0.361 e. The summed E-state index contributed by atoms with van der Waals surface area (Å²) in [6.07, 6.45) is 4.71. The molecular weight excluding hydrogens is 202 g/mol. The fourth-order valence-corrected chi connectivity index (χ4v) is 1.54. The first-order chi connectivity index (χ1) is 7.39. The highest BCUT2D eigenvalue weighted by Gasteiger charge is 2.17. The van der Waals surface area contributed by atoms with E-state index in [0.717, 1.165) is 6.42 Å². The van der Waals surface area contributed by atoms with E-state index in [1.54, 1.807) is 0 Å². The van der Waals surface area contributed by atoms with Crippen molar-refractivity contribution in [3.8, 4) is 0 Å². The molecule has 0 spiro atoms. The number of carbonyl (C=O) groups is 1. The number of likely N-dealkylation sites (N-methyl/N-ethyl adjacent to an activating group) is 1. The lowest BCUT2D eigenvalue weighted by Gasteiger charge is -2.23. The molecule has 0 aromatic rings. The number of unbranched alkanes of at least 4 members (excludes halogenated alkanes) is 1. The van der Waals surface area contributed by atoms with Crippen molar-refractivity contribution in [2.24, 2.45) is 5.92 Å². The first kappa shape index (κ1) is 15.4. The molecule has 0 N–H and O–H groups in total. The highest BCUT2D eigenvalue weighted by Crippen LogP contribution is 2.12. The number of carbonyl (C=O) groups excluding carboxylic acids is 1. The summed E-state index contributed by atoms with van der Waals surface area (Å²) in [7, 11) is 5.99.